The summed E-state index contributed by atoms with van der Waals surface area (Å²) in [5.74, 6) is -1.87. The third-order valence-electron chi connectivity index (χ3n) is 3.48. The lowest BCUT2D eigenvalue weighted by Crippen LogP contribution is -2.33. The molecule has 6 nitrogen and oxygen atoms in total. The van der Waals surface area contributed by atoms with E-state index in [1.165, 1.54) is 0 Å². The van der Waals surface area contributed by atoms with Gasteiger partial charge in [0.1, 0.15) is 11.4 Å². The summed E-state index contributed by atoms with van der Waals surface area (Å²) < 4.78 is 0.559. The van der Waals surface area contributed by atoms with E-state index >= 15 is 0 Å². The zero-order chi connectivity index (χ0) is 16.8. The molecule has 0 spiro atoms. The van der Waals surface area contributed by atoms with Crippen LogP contribution in [0.5, 0.6) is 0 Å². The maximum atomic E-state index is 12.2. The molecule has 0 aliphatic heterocycles. The second-order valence-electron chi connectivity index (χ2n) is 5.16. The Hall–Kier alpha value is -2.15. The number of hydrogen-bond acceptors (Lipinski definition) is 3. The molecule has 0 saturated heterocycles. The number of carboxylic acid groups (broad SMARTS) is 1. The molecule has 1 aromatic carbocycles. The first-order valence-corrected chi connectivity index (χ1v) is 8.14. The number of aromatic amines is 1. The zero-order valence-corrected chi connectivity index (χ0v) is 14.3. The van der Waals surface area contributed by atoms with Gasteiger partial charge in [-0.3, -0.25) is 14.7 Å². The summed E-state index contributed by atoms with van der Waals surface area (Å²) in [5.41, 5.74) is 1.80. The summed E-state index contributed by atoms with van der Waals surface area (Å²) in [5, 5.41) is 18.6. The maximum absolute atomic E-state index is 12.2. The predicted octanol–water partition coefficient (Wildman–Crippen LogP) is 3.07. The number of nitrogens with zero attached hydrogens (tertiary/aromatic N) is 1. The smallest absolute Gasteiger partial charge is 0.308 e. The fourth-order valence-electron chi connectivity index (χ4n) is 2.23. The number of aliphatic carboxylic acids is 1. The molecule has 1 amide bonds. The van der Waals surface area contributed by atoms with Gasteiger partial charge < -0.3 is 10.4 Å². The van der Waals surface area contributed by atoms with Gasteiger partial charge in [-0.05, 0) is 22.4 Å². The standard InChI is InChI=1S/C16H18BrN3O3/c1-2-6-11(16(22)23)9-18-15(21)14-12(17)13(19-20-14)10-7-4-3-5-8-10/h3-5,7-8,11H,2,6,9H2,1H3,(H,18,21)(H,19,20)(H,22,23). The third kappa shape index (κ3) is 4.19. The van der Waals surface area contributed by atoms with Gasteiger partial charge in [0.15, 0.2) is 0 Å². The van der Waals surface area contributed by atoms with Gasteiger partial charge in [0.05, 0.1) is 10.4 Å². The van der Waals surface area contributed by atoms with Gasteiger partial charge >= 0.3 is 5.97 Å². The predicted molar refractivity (Wildman–Crippen MR) is 90.1 cm³/mol. The molecule has 1 aromatic heterocycles. The number of rotatable bonds is 7. The van der Waals surface area contributed by atoms with Crippen LogP contribution in [0.1, 0.15) is 30.3 Å². The molecule has 122 valence electrons. The molecular weight excluding hydrogens is 362 g/mol. The third-order valence-corrected chi connectivity index (χ3v) is 4.25. The van der Waals surface area contributed by atoms with E-state index in [9.17, 15) is 9.59 Å². The maximum Gasteiger partial charge on any atom is 0.308 e. The highest BCUT2D eigenvalue weighted by atomic mass is 79.9. The topological polar surface area (TPSA) is 95.1 Å². The molecule has 2 aromatic rings. The number of benzene rings is 1. The van der Waals surface area contributed by atoms with Gasteiger partial charge in [-0.15, -0.1) is 0 Å². The van der Waals surface area contributed by atoms with E-state index in [2.05, 4.69) is 31.4 Å². The first-order chi connectivity index (χ1) is 11.0. The number of hydrogen-bond donors (Lipinski definition) is 3. The van der Waals surface area contributed by atoms with E-state index < -0.39 is 11.9 Å². The number of halogens is 1. The van der Waals surface area contributed by atoms with E-state index in [0.717, 1.165) is 12.0 Å². The Labute approximate surface area is 142 Å². The van der Waals surface area contributed by atoms with Crippen molar-refractivity contribution >= 4 is 27.8 Å². The van der Waals surface area contributed by atoms with Gasteiger partial charge in [-0.25, -0.2) is 0 Å². The lowest BCUT2D eigenvalue weighted by Gasteiger charge is -2.11. The van der Waals surface area contributed by atoms with Crippen LogP contribution in [0.2, 0.25) is 0 Å². The van der Waals surface area contributed by atoms with Crippen molar-refractivity contribution in [2.24, 2.45) is 5.92 Å². The number of carbonyl (C=O) groups excluding carboxylic acids is 1. The molecule has 0 fully saturated rings. The molecule has 7 heteroatoms. The minimum Gasteiger partial charge on any atom is -0.481 e. The summed E-state index contributed by atoms with van der Waals surface area (Å²) >= 11 is 3.38. The van der Waals surface area contributed by atoms with Gasteiger partial charge in [0, 0.05) is 12.1 Å². The van der Waals surface area contributed by atoms with Crippen LogP contribution in [0.25, 0.3) is 11.3 Å². The average molecular weight is 380 g/mol. The number of carbonyl (C=O) groups is 2. The lowest BCUT2D eigenvalue weighted by molar-refractivity contribution is -0.141. The molecule has 3 N–H and O–H groups in total. The Kier molecular flexibility index (Phi) is 5.92. The fraction of sp³-hybridized carbons (Fsp3) is 0.312. The first kappa shape index (κ1) is 17.2. The van der Waals surface area contributed by atoms with Crippen LogP contribution < -0.4 is 5.32 Å². The summed E-state index contributed by atoms with van der Waals surface area (Å²) in [6, 6.07) is 9.46. The van der Waals surface area contributed by atoms with Crippen molar-refractivity contribution in [3.8, 4) is 11.3 Å². The number of aromatic nitrogens is 2. The fourth-order valence-corrected chi connectivity index (χ4v) is 2.82. The van der Waals surface area contributed by atoms with Crippen LogP contribution in [-0.2, 0) is 4.79 Å². The Bertz CT molecular complexity index is 685. The molecule has 1 unspecified atom stereocenters. The van der Waals surface area contributed by atoms with Gasteiger partial charge in [-0.2, -0.15) is 5.10 Å². The quantitative estimate of drug-likeness (QED) is 0.688. The molecule has 1 atom stereocenters. The van der Waals surface area contributed by atoms with Crippen LogP contribution in [0, 0.1) is 5.92 Å². The van der Waals surface area contributed by atoms with Crippen molar-refractivity contribution in [2.75, 3.05) is 6.54 Å². The monoisotopic (exact) mass is 379 g/mol. The molecule has 0 bridgehead atoms. The minimum absolute atomic E-state index is 0.0914. The van der Waals surface area contributed by atoms with E-state index in [4.69, 9.17) is 5.11 Å². The van der Waals surface area contributed by atoms with E-state index in [1.54, 1.807) is 0 Å². The van der Waals surface area contributed by atoms with Crippen molar-refractivity contribution in [3.05, 3.63) is 40.5 Å². The summed E-state index contributed by atoms with van der Waals surface area (Å²) in [4.78, 5) is 23.3. The second-order valence-corrected chi connectivity index (χ2v) is 5.95. The van der Waals surface area contributed by atoms with Crippen molar-refractivity contribution in [2.45, 2.75) is 19.8 Å². The molecular formula is C16H18BrN3O3. The Morgan fingerprint density at radius 2 is 2.04 bits per heavy atom. The van der Waals surface area contributed by atoms with Gasteiger partial charge in [0.25, 0.3) is 5.91 Å². The zero-order valence-electron chi connectivity index (χ0n) is 12.7. The first-order valence-electron chi connectivity index (χ1n) is 7.34. The number of carboxylic acids is 1. The molecule has 0 aliphatic rings. The molecule has 0 aliphatic carbocycles. The highest BCUT2D eigenvalue weighted by Gasteiger charge is 2.21. The SMILES string of the molecule is CCCC(CNC(=O)c1[nH]nc(-c2ccccc2)c1Br)C(=O)O. The number of H-pyrrole nitrogens is 1. The highest BCUT2D eigenvalue weighted by Crippen LogP contribution is 2.28. The van der Waals surface area contributed by atoms with Crippen LogP contribution in [0.15, 0.2) is 34.8 Å². The normalized spacial score (nSPS) is 11.9. The highest BCUT2D eigenvalue weighted by molar-refractivity contribution is 9.10. The van der Waals surface area contributed by atoms with Crippen LogP contribution in [0.3, 0.4) is 0 Å². The molecule has 0 saturated carbocycles. The molecule has 2 rings (SSSR count). The van der Waals surface area contributed by atoms with Crippen LogP contribution >= 0.6 is 15.9 Å². The number of nitrogens with one attached hydrogen (secondary N) is 2. The summed E-state index contributed by atoms with van der Waals surface area (Å²) in [6.45, 7) is 2.00. The second kappa shape index (κ2) is 7.92. The van der Waals surface area contributed by atoms with Crippen molar-refractivity contribution in [1.29, 1.82) is 0 Å². The Morgan fingerprint density at radius 1 is 1.35 bits per heavy atom. The van der Waals surface area contributed by atoms with E-state index in [-0.39, 0.29) is 18.1 Å². The molecule has 1 heterocycles. The van der Waals surface area contributed by atoms with E-state index in [1.807, 2.05) is 37.3 Å². The summed E-state index contributed by atoms with van der Waals surface area (Å²) in [6.07, 6.45) is 1.27. The average Bonchev–Trinajstić information content (AvgIpc) is 2.93. The minimum atomic E-state index is -0.902. The van der Waals surface area contributed by atoms with Crippen LogP contribution in [0.4, 0.5) is 0 Å². The number of amides is 1. The van der Waals surface area contributed by atoms with Crippen LogP contribution in [-0.4, -0.2) is 33.7 Å². The van der Waals surface area contributed by atoms with Crippen molar-refractivity contribution < 1.29 is 14.7 Å². The van der Waals surface area contributed by atoms with Crippen molar-refractivity contribution in [1.82, 2.24) is 15.5 Å². The van der Waals surface area contributed by atoms with E-state index in [0.29, 0.717) is 16.6 Å². The summed E-state index contributed by atoms with van der Waals surface area (Å²) in [7, 11) is 0. The molecule has 23 heavy (non-hydrogen) atoms. The Morgan fingerprint density at radius 3 is 2.65 bits per heavy atom. The lowest BCUT2D eigenvalue weighted by atomic mass is 10.0. The molecule has 0 radical (unpaired) electrons. The van der Waals surface area contributed by atoms with Gasteiger partial charge in [-0.1, -0.05) is 43.7 Å². The van der Waals surface area contributed by atoms with Gasteiger partial charge in [0.2, 0.25) is 0 Å². The largest absolute Gasteiger partial charge is 0.481 e. The Balaban J connectivity index is 2.09. The van der Waals surface area contributed by atoms with Crippen molar-refractivity contribution in [3.63, 3.8) is 0 Å².